The van der Waals surface area contributed by atoms with Crippen molar-refractivity contribution in [2.24, 2.45) is 5.92 Å². The summed E-state index contributed by atoms with van der Waals surface area (Å²) in [4.78, 5) is 2.24. The second kappa shape index (κ2) is 10.1. The van der Waals surface area contributed by atoms with Crippen LogP contribution in [0.5, 0.6) is 0 Å². The van der Waals surface area contributed by atoms with Crippen LogP contribution in [0, 0.1) is 5.92 Å². The van der Waals surface area contributed by atoms with E-state index in [2.05, 4.69) is 4.90 Å². The smallest absolute Gasteiger partial charge is 0.245 e. The Balaban J connectivity index is 1.67. The molecule has 0 amide bonds. The van der Waals surface area contributed by atoms with E-state index >= 15 is 0 Å². The Labute approximate surface area is 185 Å². The number of hydrogen-bond donors (Lipinski definition) is 0. The fourth-order valence-corrected chi connectivity index (χ4v) is 7.05. The van der Waals surface area contributed by atoms with Crippen molar-refractivity contribution < 1.29 is 21.6 Å². The quantitative estimate of drug-likeness (QED) is 0.565. The van der Waals surface area contributed by atoms with Gasteiger partial charge in [0, 0.05) is 13.1 Å². The Hall–Kier alpha value is -1.94. The second-order valence-corrected chi connectivity index (χ2v) is 12.0. The maximum Gasteiger partial charge on any atom is 0.245 e. The number of rotatable bonds is 9. The van der Waals surface area contributed by atoms with Gasteiger partial charge in [-0.25, -0.2) is 16.8 Å². The molecule has 1 aliphatic rings. The summed E-state index contributed by atoms with van der Waals surface area (Å²) < 4.78 is 55.4. The molecule has 0 aromatic heterocycles. The molecule has 0 spiro atoms. The van der Waals surface area contributed by atoms with Crippen LogP contribution in [-0.4, -0.2) is 53.9 Å². The first-order valence-corrected chi connectivity index (χ1v) is 14.0. The van der Waals surface area contributed by atoms with Crippen molar-refractivity contribution in [2.75, 3.05) is 35.9 Å². The number of piperidine rings is 1. The third-order valence-electron chi connectivity index (χ3n) is 5.25. The number of sulfonamides is 2. The average Bonchev–Trinajstić information content (AvgIpc) is 2.68. The van der Waals surface area contributed by atoms with E-state index in [1.165, 1.54) is 0 Å². The Morgan fingerprint density at radius 3 is 2.29 bits per heavy atom. The predicted octanol–water partition coefficient (Wildman–Crippen LogP) is 2.84. The molecule has 31 heavy (non-hydrogen) atoms. The van der Waals surface area contributed by atoms with E-state index in [9.17, 15) is 16.8 Å². The van der Waals surface area contributed by atoms with Crippen LogP contribution in [0.3, 0.4) is 0 Å². The van der Waals surface area contributed by atoms with Gasteiger partial charge in [0.1, 0.15) is 0 Å². The van der Waals surface area contributed by atoms with Gasteiger partial charge >= 0.3 is 0 Å². The summed E-state index contributed by atoms with van der Waals surface area (Å²) in [5.41, 5.74) is 2.00. The molecule has 7 nitrogen and oxygen atoms in total. The van der Waals surface area contributed by atoms with Crippen molar-refractivity contribution in [3.8, 4) is 0 Å². The minimum absolute atomic E-state index is 0.190. The zero-order valence-electron chi connectivity index (χ0n) is 18.0. The van der Waals surface area contributed by atoms with Crippen LogP contribution in [0.15, 0.2) is 54.6 Å². The summed E-state index contributed by atoms with van der Waals surface area (Å²) in [6.45, 7) is 3.42. The number of ether oxygens (including phenoxy) is 1. The van der Waals surface area contributed by atoms with E-state index in [1.54, 1.807) is 24.3 Å². The number of nitrogens with zero attached hydrogens (tertiary/aromatic N) is 2. The third kappa shape index (κ3) is 6.77. The third-order valence-corrected chi connectivity index (χ3v) is 8.48. The van der Waals surface area contributed by atoms with E-state index in [0.29, 0.717) is 35.0 Å². The lowest BCUT2D eigenvalue weighted by atomic mass is 9.98. The summed E-state index contributed by atoms with van der Waals surface area (Å²) in [6.07, 6.45) is 3.91. The number of hydrogen-bond acceptors (Lipinski definition) is 6. The number of benzene rings is 2. The Morgan fingerprint density at radius 2 is 1.61 bits per heavy atom. The summed E-state index contributed by atoms with van der Waals surface area (Å²) in [7, 11) is -7.96. The molecule has 1 heterocycles. The largest absolute Gasteiger partial charge is 0.376 e. The Morgan fingerprint density at radius 1 is 0.968 bits per heavy atom. The summed E-state index contributed by atoms with van der Waals surface area (Å²) in [5.74, 6) is 0.380. The molecule has 0 aliphatic carbocycles. The molecule has 3 rings (SSSR count). The van der Waals surface area contributed by atoms with Gasteiger partial charge in [0.05, 0.1) is 31.4 Å². The van der Waals surface area contributed by atoms with Gasteiger partial charge in [-0.3, -0.25) is 4.90 Å². The second-order valence-electron chi connectivity index (χ2n) is 8.10. The summed E-state index contributed by atoms with van der Waals surface area (Å²) in [5, 5.41) is 0. The fraction of sp³-hybridized carbons (Fsp3) is 0.455. The number of anilines is 1. The van der Waals surface area contributed by atoms with Gasteiger partial charge in [-0.1, -0.05) is 48.5 Å². The van der Waals surface area contributed by atoms with E-state index in [-0.39, 0.29) is 5.69 Å². The maximum absolute atomic E-state index is 12.2. The standard InChI is InChI=1S/C22H30N2O5S2/c1-30(25,26)24(31(2,27)28)22-13-7-6-12-21(22)16-23-14-8-11-20(15-23)18-29-17-19-9-4-3-5-10-19/h3-7,9-10,12-13,20H,8,11,14-18H2,1-2H3. The van der Waals surface area contributed by atoms with Crippen LogP contribution in [0.1, 0.15) is 24.0 Å². The van der Waals surface area contributed by atoms with Gasteiger partial charge in [-0.05, 0) is 42.5 Å². The van der Waals surface area contributed by atoms with Gasteiger partial charge < -0.3 is 4.74 Å². The Kier molecular flexibility index (Phi) is 7.74. The van der Waals surface area contributed by atoms with Gasteiger partial charge in [-0.2, -0.15) is 3.71 Å². The zero-order chi connectivity index (χ0) is 22.5. The topological polar surface area (TPSA) is 84.0 Å². The molecule has 0 N–H and O–H groups in total. The van der Waals surface area contributed by atoms with Crippen LogP contribution < -0.4 is 3.71 Å². The van der Waals surface area contributed by atoms with Crippen LogP contribution in [-0.2, 0) is 37.9 Å². The molecule has 2 aromatic rings. The van der Waals surface area contributed by atoms with Crippen molar-refractivity contribution in [3.05, 3.63) is 65.7 Å². The molecular weight excluding hydrogens is 436 g/mol. The molecule has 1 unspecified atom stereocenters. The van der Waals surface area contributed by atoms with Crippen LogP contribution in [0.4, 0.5) is 5.69 Å². The molecule has 0 saturated carbocycles. The zero-order valence-corrected chi connectivity index (χ0v) is 19.6. The highest BCUT2D eigenvalue weighted by Gasteiger charge is 2.30. The van der Waals surface area contributed by atoms with E-state index in [0.717, 1.165) is 44.0 Å². The molecule has 9 heteroatoms. The first-order chi connectivity index (χ1) is 14.6. The van der Waals surface area contributed by atoms with E-state index < -0.39 is 20.0 Å². The SMILES string of the molecule is CS(=O)(=O)N(c1ccccc1CN1CCCC(COCc2ccccc2)C1)S(C)(=O)=O. The summed E-state index contributed by atoms with van der Waals surface area (Å²) in [6, 6.07) is 16.8. The van der Waals surface area contributed by atoms with Crippen molar-refractivity contribution in [2.45, 2.75) is 26.0 Å². The highest BCUT2D eigenvalue weighted by Crippen LogP contribution is 2.28. The van der Waals surface area contributed by atoms with Crippen molar-refractivity contribution in [1.82, 2.24) is 4.90 Å². The van der Waals surface area contributed by atoms with Crippen molar-refractivity contribution >= 4 is 25.7 Å². The molecule has 1 aliphatic heterocycles. The Bertz CT molecular complexity index is 1040. The highest BCUT2D eigenvalue weighted by atomic mass is 32.3. The molecule has 0 radical (unpaired) electrons. The highest BCUT2D eigenvalue weighted by molar-refractivity contribution is 8.09. The van der Waals surface area contributed by atoms with Crippen molar-refractivity contribution in [1.29, 1.82) is 0 Å². The molecule has 0 bridgehead atoms. The lowest BCUT2D eigenvalue weighted by molar-refractivity contribution is 0.0497. The number of para-hydroxylation sites is 1. The first-order valence-electron chi connectivity index (χ1n) is 10.3. The lowest BCUT2D eigenvalue weighted by Gasteiger charge is -2.33. The normalized spacial score (nSPS) is 18.1. The monoisotopic (exact) mass is 466 g/mol. The van der Waals surface area contributed by atoms with Gasteiger partial charge in [0.2, 0.25) is 20.0 Å². The molecule has 1 fully saturated rings. The molecule has 1 atom stereocenters. The van der Waals surface area contributed by atoms with Crippen LogP contribution in [0.2, 0.25) is 0 Å². The molecule has 2 aromatic carbocycles. The predicted molar refractivity (Wildman–Crippen MR) is 123 cm³/mol. The van der Waals surface area contributed by atoms with Gasteiger partial charge in [0.15, 0.2) is 0 Å². The fourth-order valence-electron chi connectivity index (χ4n) is 4.02. The van der Waals surface area contributed by atoms with Crippen LogP contribution in [0.25, 0.3) is 0 Å². The average molecular weight is 467 g/mol. The van der Waals surface area contributed by atoms with E-state index in [1.807, 2.05) is 30.3 Å². The molecular formula is C22H30N2O5S2. The maximum atomic E-state index is 12.2. The van der Waals surface area contributed by atoms with E-state index in [4.69, 9.17) is 4.74 Å². The lowest BCUT2D eigenvalue weighted by Crippen LogP contribution is -2.39. The van der Waals surface area contributed by atoms with Gasteiger partial charge in [0.25, 0.3) is 0 Å². The van der Waals surface area contributed by atoms with Crippen LogP contribution >= 0.6 is 0 Å². The first kappa shape index (κ1) is 23.7. The molecule has 170 valence electrons. The minimum Gasteiger partial charge on any atom is -0.376 e. The van der Waals surface area contributed by atoms with Crippen molar-refractivity contribution in [3.63, 3.8) is 0 Å². The minimum atomic E-state index is -3.98. The van der Waals surface area contributed by atoms with Gasteiger partial charge in [-0.15, -0.1) is 0 Å². The number of likely N-dealkylation sites (tertiary alicyclic amines) is 1. The molecule has 1 saturated heterocycles. The summed E-state index contributed by atoms with van der Waals surface area (Å²) >= 11 is 0.